The van der Waals surface area contributed by atoms with Crippen LogP contribution in [0.15, 0.2) is 25.3 Å². The Bertz CT molecular complexity index is 163. The van der Waals surface area contributed by atoms with Crippen molar-refractivity contribution in [2.45, 2.75) is 0 Å². The zero-order valence-corrected chi connectivity index (χ0v) is 5.62. The molecule has 0 saturated carbocycles. The molecule has 0 N–H and O–H groups in total. The molecule has 0 fully saturated rings. The largest absolute Gasteiger partial charge is 0.278 e. The van der Waals surface area contributed by atoms with Crippen molar-refractivity contribution >= 4 is 12.3 Å². The van der Waals surface area contributed by atoms with Crippen LogP contribution in [0.25, 0.3) is 0 Å². The van der Waals surface area contributed by atoms with Crippen LogP contribution >= 0.6 is 0 Å². The van der Waals surface area contributed by atoms with Crippen molar-refractivity contribution in [2.24, 2.45) is 0 Å². The van der Waals surface area contributed by atoms with Crippen LogP contribution in [0.2, 0.25) is 0 Å². The number of carbonyl (C=O) groups excluding carboxylic acids is 2. The lowest BCUT2D eigenvalue weighted by molar-refractivity contribution is -0.133. The third-order valence-electron chi connectivity index (χ3n) is 0.911. The fraction of sp³-hybridized carbons (Fsp3) is 0.143. The number of carbonyl (C=O) groups is 2. The monoisotopic (exact) mass is 139 g/mol. The highest BCUT2D eigenvalue weighted by Crippen LogP contribution is 1.85. The lowest BCUT2D eigenvalue weighted by atomic mass is 10.5. The van der Waals surface area contributed by atoms with Crippen molar-refractivity contribution in [1.82, 2.24) is 4.90 Å². The molecule has 54 valence electrons. The van der Waals surface area contributed by atoms with E-state index in [0.717, 1.165) is 11.0 Å². The minimum absolute atomic E-state index is 0.231. The molecule has 0 radical (unpaired) electrons. The van der Waals surface area contributed by atoms with Gasteiger partial charge in [-0.15, -0.1) is 6.58 Å². The molecule has 10 heavy (non-hydrogen) atoms. The minimum atomic E-state index is -0.408. The average Bonchev–Trinajstić information content (AvgIpc) is 1.99. The topological polar surface area (TPSA) is 37.4 Å². The molecule has 0 aromatic heterocycles. The van der Waals surface area contributed by atoms with Crippen LogP contribution in [0, 0.1) is 0 Å². The smallest absolute Gasteiger partial charge is 0.252 e. The highest BCUT2D eigenvalue weighted by Gasteiger charge is 2.04. The molecule has 0 spiro atoms. The molecule has 0 unspecified atom stereocenters. The zero-order valence-electron chi connectivity index (χ0n) is 5.62. The predicted octanol–water partition coefficient (Wildman–Crippen LogP) is 0.343. The van der Waals surface area contributed by atoms with Crippen molar-refractivity contribution in [3.63, 3.8) is 0 Å². The fourth-order valence-electron chi connectivity index (χ4n) is 0.441. The summed E-state index contributed by atoms with van der Waals surface area (Å²) in [5.41, 5.74) is 0. The van der Waals surface area contributed by atoms with E-state index in [1.807, 2.05) is 0 Å². The van der Waals surface area contributed by atoms with Gasteiger partial charge in [0.05, 0.1) is 0 Å². The molecule has 0 saturated heterocycles. The summed E-state index contributed by atoms with van der Waals surface area (Å²) in [6.07, 6.45) is 3.00. The Morgan fingerprint density at radius 2 is 2.10 bits per heavy atom. The van der Waals surface area contributed by atoms with Crippen LogP contribution in [-0.2, 0) is 9.59 Å². The normalized spacial score (nSPS) is 8.00. The molecule has 0 heterocycles. The van der Waals surface area contributed by atoms with Gasteiger partial charge >= 0.3 is 0 Å². The standard InChI is InChI=1S/C7H9NO2/c1-3-5-8(6-9)7(10)4-2/h3-4,6H,1-2,5H2. The second kappa shape index (κ2) is 4.49. The molecule has 0 aromatic carbocycles. The molecule has 0 aliphatic carbocycles. The van der Waals surface area contributed by atoms with Gasteiger partial charge in [0, 0.05) is 6.54 Å². The minimum Gasteiger partial charge on any atom is -0.278 e. The van der Waals surface area contributed by atoms with E-state index in [9.17, 15) is 9.59 Å². The van der Waals surface area contributed by atoms with Crippen molar-refractivity contribution < 1.29 is 9.59 Å². The summed E-state index contributed by atoms with van der Waals surface area (Å²) in [4.78, 5) is 21.7. The maximum absolute atomic E-state index is 10.7. The number of nitrogens with zero attached hydrogens (tertiary/aromatic N) is 1. The van der Waals surface area contributed by atoms with E-state index < -0.39 is 5.91 Å². The summed E-state index contributed by atoms with van der Waals surface area (Å²) in [6, 6.07) is 0. The molecule has 0 atom stereocenters. The first-order valence-electron chi connectivity index (χ1n) is 2.75. The quantitative estimate of drug-likeness (QED) is 0.320. The van der Waals surface area contributed by atoms with Gasteiger partial charge in [0.15, 0.2) is 0 Å². The Kier molecular flexibility index (Phi) is 3.87. The molecule has 0 aliphatic rings. The van der Waals surface area contributed by atoms with Crippen LogP contribution in [-0.4, -0.2) is 23.8 Å². The molecular weight excluding hydrogens is 130 g/mol. The molecule has 0 aliphatic heterocycles. The van der Waals surface area contributed by atoms with E-state index in [1.54, 1.807) is 0 Å². The molecule has 0 aromatic rings. The van der Waals surface area contributed by atoms with Gasteiger partial charge in [-0.25, -0.2) is 0 Å². The number of rotatable bonds is 4. The second-order valence-electron chi connectivity index (χ2n) is 1.59. The van der Waals surface area contributed by atoms with E-state index in [2.05, 4.69) is 13.2 Å². The molecular formula is C7H9NO2. The van der Waals surface area contributed by atoms with Crippen molar-refractivity contribution in [3.05, 3.63) is 25.3 Å². The Balaban J connectivity index is 4.04. The highest BCUT2D eigenvalue weighted by atomic mass is 16.2. The van der Waals surface area contributed by atoms with Crippen LogP contribution in [0.3, 0.4) is 0 Å². The van der Waals surface area contributed by atoms with E-state index in [0.29, 0.717) is 6.41 Å². The first-order chi connectivity index (χ1) is 4.76. The first kappa shape index (κ1) is 8.62. The van der Waals surface area contributed by atoms with E-state index in [1.165, 1.54) is 6.08 Å². The predicted molar refractivity (Wildman–Crippen MR) is 38.2 cm³/mol. The number of hydrogen-bond acceptors (Lipinski definition) is 2. The summed E-state index contributed by atoms with van der Waals surface area (Å²) in [5.74, 6) is -0.408. The van der Waals surface area contributed by atoms with Crippen molar-refractivity contribution in [1.29, 1.82) is 0 Å². The Morgan fingerprint density at radius 3 is 2.40 bits per heavy atom. The summed E-state index contributed by atoms with van der Waals surface area (Å²) >= 11 is 0. The van der Waals surface area contributed by atoms with E-state index >= 15 is 0 Å². The fourth-order valence-corrected chi connectivity index (χ4v) is 0.441. The Hall–Kier alpha value is -1.38. The summed E-state index contributed by atoms with van der Waals surface area (Å²) in [7, 11) is 0. The third-order valence-corrected chi connectivity index (χ3v) is 0.911. The van der Waals surface area contributed by atoms with Gasteiger partial charge in [0.2, 0.25) is 6.41 Å². The molecule has 2 amide bonds. The molecule has 0 bridgehead atoms. The lowest BCUT2D eigenvalue weighted by Gasteiger charge is -2.08. The van der Waals surface area contributed by atoms with Gasteiger partial charge in [0.1, 0.15) is 0 Å². The maximum Gasteiger partial charge on any atom is 0.252 e. The van der Waals surface area contributed by atoms with Gasteiger partial charge in [-0.05, 0) is 6.08 Å². The van der Waals surface area contributed by atoms with Crippen LogP contribution in [0.1, 0.15) is 0 Å². The number of hydrogen-bond donors (Lipinski definition) is 0. The van der Waals surface area contributed by atoms with Gasteiger partial charge in [-0.1, -0.05) is 12.7 Å². The van der Waals surface area contributed by atoms with Crippen molar-refractivity contribution in [2.75, 3.05) is 6.54 Å². The van der Waals surface area contributed by atoms with Crippen LogP contribution in [0.4, 0.5) is 0 Å². The van der Waals surface area contributed by atoms with E-state index in [4.69, 9.17) is 0 Å². The maximum atomic E-state index is 10.7. The Morgan fingerprint density at radius 1 is 1.50 bits per heavy atom. The van der Waals surface area contributed by atoms with E-state index in [-0.39, 0.29) is 6.54 Å². The number of amides is 2. The zero-order chi connectivity index (χ0) is 7.98. The van der Waals surface area contributed by atoms with Gasteiger partial charge in [0.25, 0.3) is 5.91 Å². The average molecular weight is 139 g/mol. The third kappa shape index (κ3) is 2.26. The molecule has 0 rings (SSSR count). The summed E-state index contributed by atoms with van der Waals surface area (Å²) < 4.78 is 0. The van der Waals surface area contributed by atoms with Crippen LogP contribution in [0.5, 0.6) is 0 Å². The highest BCUT2D eigenvalue weighted by molar-refractivity contribution is 5.94. The Labute approximate surface area is 59.6 Å². The SMILES string of the molecule is C=CCN(C=O)C(=O)C=C. The first-order valence-corrected chi connectivity index (χ1v) is 2.75. The molecule has 3 heteroatoms. The summed E-state index contributed by atoms with van der Waals surface area (Å²) in [5, 5.41) is 0. The second-order valence-corrected chi connectivity index (χ2v) is 1.59. The van der Waals surface area contributed by atoms with Gasteiger partial charge in [-0.3, -0.25) is 14.5 Å². The van der Waals surface area contributed by atoms with Gasteiger partial charge in [-0.2, -0.15) is 0 Å². The van der Waals surface area contributed by atoms with Crippen LogP contribution < -0.4 is 0 Å². The lowest BCUT2D eigenvalue weighted by Crippen LogP contribution is -2.27. The molecule has 3 nitrogen and oxygen atoms in total. The summed E-state index contributed by atoms with van der Waals surface area (Å²) in [6.45, 7) is 6.84. The van der Waals surface area contributed by atoms with Gasteiger partial charge < -0.3 is 0 Å². The number of imide groups is 1. The van der Waals surface area contributed by atoms with Crippen molar-refractivity contribution in [3.8, 4) is 0 Å².